The fourth-order valence-electron chi connectivity index (χ4n) is 5.13. The SMILES string of the molecule is O=C(N1CC(c2ccc(S(=O)(=O)C3CCCCC3)cc2)C1)N1CC[C@H](c2cn[nH]n2)C1. The van der Waals surface area contributed by atoms with Gasteiger partial charge in [0, 0.05) is 38.0 Å². The Morgan fingerprint density at radius 2 is 1.65 bits per heavy atom. The molecule has 1 aromatic heterocycles. The summed E-state index contributed by atoms with van der Waals surface area (Å²) in [5, 5.41) is 10.4. The van der Waals surface area contributed by atoms with Crippen LogP contribution in [0.25, 0.3) is 0 Å². The molecular formula is C22H29N5O3S. The number of hydrogen-bond acceptors (Lipinski definition) is 5. The first-order valence-corrected chi connectivity index (χ1v) is 12.8. The lowest BCUT2D eigenvalue weighted by Gasteiger charge is -2.41. The van der Waals surface area contributed by atoms with Crippen LogP contribution in [0.4, 0.5) is 4.79 Å². The molecule has 3 aliphatic rings. The van der Waals surface area contributed by atoms with Gasteiger partial charge in [0.2, 0.25) is 0 Å². The summed E-state index contributed by atoms with van der Waals surface area (Å²) >= 11 is 0. The predicted molar refractivity (Wildman–Crippen MR) is 116 cm³/mol. The van der Waals surface area contributed by atoms with Crippen molar-refractivity contribution in [2.75, 3.05) is 26.2 Å². The van der Waals surface area contributed by atoms with Gasteiger partial charge in [0.25, 0.3) is 0 Å². The van der Waals surface area contributed by atoms with E-state index >= 15 is 0 Å². The molecule has 0 radical (unpaired) electrons. The van der Waals surface area contributed by atoms with E-state index < -0.39 is 9.84 Å². The second-order valence-electron chi connectivity index (χ2n) is 9.09. The van der Waals surface area contributed by atoms with Crippen LogP contribution in [0.5, 0.6) is 0 Å². The molecule has 1 saturated carbocycles. The van der Waals surface area contributed by atoms with Crippen LogP contribution in [-0.4, -0.2) is 71.1 Å². The van der Waals surface area contributed by atoms with Crippen molar-refractivity contribution in [3.05, 3.63) is 41.7 Å². The molecule has 0 unspecified atom stereocenters. The highest BCUT2D eigenvalue weighted by Gasteiger charge is 2.37. The highest BCUT2D eigenvalue weighted by Crippen LogP contribution is 2.33. The third-order valence-electron chi connectivity index (χ3n) is 7.13. The molecule has 3 fully saturated rings. The van der Waals surface area contributed by atoms with Crippen LogP contribution in [0.15, 0.2) is 35.4 Å². The van der Waals surface area contributed by atoms with E-state index in [2.05, 4.69) is 15.4 Å². The molecule has 1 atom stereocenters. The Kier molecular flexibility index (Phi) is 5.45. The van der Waals surface area contributed by atoms with Gasteiger partial charge in [-0.3, -0.25) is 0 Å². The highest BCUT2D eigenvalue weighted by molar-refractivity contribution is 7.92. The van der Waals surface area contributed by atoms with Gasteiger partial charge >= 0.3 is 6.03 Å². The topological polar surface area (TPSA) is 99.3 Å². The minimum Gasteiger partial charge on any atom is -0.324 e. The van der Waals surface area contributed by atoms with Crippen molar-refractivity contribution in [3.8, 4) is 0 Å². The van der Waals surface area contributed by atoms with E-state index in [1.54, 1.807) is 18.3 Å². The standard InChI is InChI=1S/C22H29N5O3S/c28-22(26-11-10-17(13-26)21-12-23-25-24-21)27-14-18(15-27)16-6-8-20(9-7-16)31(29,30)19-4-2-1-3-5-19/h6-9,12,17-19H,1-5,10-11,13-15H2,(H,23,24,25)/t17-/m0/s1. The van der Waals surface area contributed by atoms with E-state index in [9.17, 15) is 13.2 Å². The van der Waals surface area contributed by atoms with Crippen LogP contribution in [0.1, 0.15) is 61.6 Å². The monoisotopic (exact) mass is 443 g/mol. The summed E-state index contributed by atoms with van der Waals surface area (Å²) in [6.45, 7) is 2.78. The molecule has 2 amide bonds. The molecule has 2 saturated heterocycles. The molecule has 0 spiro atoms. The molecule has 1 aliphatic carbocycles. The number of urea groups is 1. The summed E-state index contributed by atoms with van der Waals surface area (Å²) in [5.41, 5.74) is 2.02. The molecule has 0 bridgehead atoms. The first kappa shape index (κ1) is 20.5. The number of H-pyrrole nitrogens is 1. The summed E-state index contributed by atoms with van der Waals surface area (Å²) in [5.74, 6) is 0.516. The Balaban J connectivity index is 1.16. The normalized spacial score (nSPS) is 23.2. The van der Waals surface area contributed by atoms with E-state index in [0.717, 1.165) is 56.3 Å². The highest BCUT2D eigenvalue weighted by atomic mass is 32.2. The Morgan fingerprint density at radius 3 is 2.32 bits per heavy atom. The minimum absolute atomic E-state index is 0.0822. The second kappa shape index (κ2) is 8.26. The Morgan fingerprint density at radius 1 is 0.935 bits per heavy atom. The Bertz CT molecular complexity index is 1010. The second-order valence-corrected chi connectivity index (χ2v) is 11.3. The maximum atomic E-state index is 12.9. The number of aromatic amines is 1. The van der Waals surface area contributed by atoms with E-state index in [4.69, 9.17) is 0 Å². The van der Waals surface area contributed by atoms with E-state index in [1.807, 2.05) is 21.9 Å². The number of carbonyl (C=O) groups excluding carboxylic acids is 1. The lowest BCUT2D eigenvalue weighted by atomic mass is 9.92. The number of hydrogen-bond donors (Lipinski definition) is 1. The predicted octanol–water partition coefficient (Wildman–Crippen LogP) is 2.92. The smallest absolute Gasteiger partial charge is 0.320 e. The van der Waals surface area contributed by atoms with Gasteiger partial charge in [-0.2, -0.15) is 15.4 Å². The van der Waals surface area contributed by atoms with E-state index in [0.29, 0.717) is 24.5 Å². The van der Waals surface area contributed by atoms with Gasteiger partial charge in [-0.25, -0.2) is 13.2 Å². The van der Waals surface area contributed by atoms with Crippen LogP contribution in [0.2, 0.25) is 0 Å². The number of likely N-dealkylation sites (tertiary alicyclic amines) is 2. The lowest BCUT2D eigenvalue weighted by Crippen LogP contribution is -2.53. The van der Waals surface area contributed by atoms with E-state index in [-0.39, 0.29) is 23.1 Å². The number of nitrogens with zero attached hydrogens (tertiary/aromatic N) is 4. The quantitative estimate of drug-likeness (QED) is 0.783. The fourth-order valence-corrected chi connectivity index (χ4v) is 6.98. The fraction of sp³-hybridized carbons (Fsp3) is 0.591. The van der Waals surface area contributed by atoms with Crippen LogP contribution in [0.3, 0.4) is 0 Å². The molecule has 166 valence electrons. The van der Waals surface area contributed by atoms with Gasteiger partial charge in [-0.1, -0.05) is 31.4 Å². The number of sulfone groups is 1. The van der Waals surface area contributed by atoms with Crippen molar-refractivity contribution in [2.24, 2.45) is 0 Å². The van der Waals surface area contributed by atoms with Crippen molar-refractivity contribution < 1.29 is 13.2 Å². The largest absolute Gasteiger partial charge is 0.324 e. The zero-order valence-electron chi connectivity index (χ0n) is 17.6. The Hall–Kier alpha value is -2.42. The number of carbonyl (C=O) groups is 1. The van der Waals surface area contributed by atoms with Crippen LogP contribution < -0.4 is 0 Å². The number of rotatable bonds is 4. The third kappa shape index (κ3) is 3.95. The number of benzene rings is 1. The maximum absolute atomic E-state index is 12.9. The summed E-state index contributed by atoms with van der Waals surface area (Å²) in [6, 6.07) is 7.45. The average Bonchev–Trinajstić information content (AvgIpc) is 3.46. The molecule has 2 aliphatic heterocycles. The van der Waals surface area contributed by atoms with Gasteiger partial charge in [-0.15, -0.1) is 0 Å². The molecule has 3 heterocycles. The van der Waals surface area contributed by atoms with Gasteiger partial charge in [0.15, 0.2) is 9.84 Å². The molecule has 8 nitrogen and oxygen atoms in total. The number of nitrogens with one attached hydrogen (secondary N) is 1. The van der Waals surface area contributed by atoms with Gasteiger partial charge < -0.3 is 9.80 Å². The van der Waals surface area contributed by atoms with Crippen LogP contribution >= 0.6 is 0 Å². The molecular weight excluding hydrogens is 414 g/mol. The zero-order valence-corrected chi connectivity index (χ0v) is 18.4. The molecule has 5 rings (SSSR count). The van der Waals surface area contributed by atoms with Crippen LogP contribution in [0, 0.1) is 0 Å². The number of aromatic nitrogens is 3. The Labute approximate surface area is 182 Å². The summed E-state index contributed by atoms with van der Waals surface area (Å²) in [6.07, 6.45) is 7.34. The molecule has 9 heteroatoms. The van der Waals surface area contributed by atoms with Crippen molar-refractivity contribution in [1.82, 2.24) is 25.2 Å². The van der Waals surface area contributed by atoms with Crippen LogP contribution in [-0.2, 0) is 9.84 Å². The summed E-state index contributed by atoms with van der Waals surface area (Å²) in [7, 11) is -3.24. The lowest BCUT2D eigenvalue weighted by molar-refractivity contribution is 0.121. The maximum Gasteiger partial charge on any atom is 0.320 e. The average molecular weight is 444 g/mol. The van der Waals surface area contributed by atoms with Crippen molar-refractivity contribution >= 4 is 15.9 Å². The van der Waals surface area contributed by atoms with E-state index in [1.165, 1.54) is 0 Å². The first-order valence-electron chi connectivity index (χ1n) is 11.3. The van der Waals surface area contributed by atoms with Crippen molar-refractivity contribution in [1.29, 1.82) is 0 Å². The van der Waals surface area contributed by atoms with Gasteiger partial charge in [0.1, 0.15) is 0 Å². The third-order valence-corrected chi connectivity index (χ3v) is 9.41. The number of amides is 2. The summed E-state index contributed by atoms with van der Waals surface area (Å²) in [4.78, 5) is 17.0. The zero-order chi connectivity index (χ0) is 21.4. The van der Waals surface area contributed by atoms with Crippen molar-refractivity contribution in [2.45, 2.75) is 60.5 Å². The van der Waals surface area contributed by atoms with Gasteiger partial charge in [-0.05, 0) is 37.0 Å². The van der Waals surface area contributed by atoms with Gasteiger partial charge in [0.05, 0.1) is 22.0 Å². The first-order chi connectivity index (χ1) is 15.0. The molecule has 1 aromatic carbocycles. The molecule has 1 N–H and O–H groups in total. The molecule has 31 heavy (non-hydrogen) atoms. The van der Waals surface area contributed by atoms with Crippen molar-refractivity contribution in [3.63, 3.8) is 0 Å². The minimum atomic E-state index is -3.24. The molecule has 2 aromatic rings. The summed E-state index contributed by atoms with van der Waals surface area (Å²) < 4.78 is 25.8.